The van der Waals surface area contributed by atoms with Crippen molar-refractivity contribution in [3.63, 3.8) is 0 Å². The largest absolute Gasteiger partial charge is 0.416 e. The Morgan fingerprint density at radius 2 is 1.89 bits per heavy atom. The maximum absolute atomic E-state index is 12.7. The van der Waals surface area contributed by atoms with Crippen LogP contribution >= 0.6 is 0 Å². The normalized spacial score (nSPS) is 11.5. The summed E-state index contributed by atoms with van der Waals surface area (Å²) in [5.74, 6) is -0.921. The number of ether oxygens (including phenoxy) is 1. The van der Waals surface area contributed by atoms with E-state index in [2.05, 4.69) is 15.7 Å². The van der Waals surface area contributed by atoms with Gasteiger partial charge >= 0.3 is 6.18 Å². The Kier molecular flexibility index (Phi) is 6.56. The molecule has 2 amide bonds. The van der Waals surface area contributed by atoms with Gasteiger partial charge in [0.25, 0.3) is 0 Å². The number of benzene rings is 1. The Morgan fingerprint density at radius 1 is 1.19 bits per heavy atom. The maximum atomic E-state index is 12.7. The summed E-state index contributed by atoms with van der Waals surface area (Å²) in [4.78, 5) is 23.6. The lowest BCUT2D eigenvalue weighted by Gasteiger charge is -2.10. The summed E-state index contributed by atoms with van der Waals surface area (Å²) in [5, 5.41) is 8.86. The number of hydrogen-bond donors (Lipinski definition) is 2. The smallest absolute Gasteiger partial charge is 0.369 e. The lowest BCUT2D eigenvalue weighted by molar-refractivity contribution is -0.137. The zero-order chi connectivity index (χ0) is 20.0. The van der Waals surface area contributed by atoms with Crippen molar-refractivity contribution in [1.29, 1.82) is 0 Å². The monoisotopic (exact) mass is 384 g/mol. The fourth-order valence-corrected chi connectivity index (χ4v) is 2.07. The summed E-state index contributed by atoms with van der Waals surface area (Å²) < 4.78 is 44.5. The number of carbonyl (C=O) groups is 2. The van der Waals surface area contributed by atoms with E-state index >= 15 is 0 Å². The molecule has 7 nitrogen and oxygen atoms in total. The molecule has 0 atom stereocenters. The van der Waals surface area contributed by atoms with Gasteiger partial charge in [-0.25, -0.2) is 0 Å². The van der Waals surface area contributed by atoms with E-state index in [0.29, 0.717) is 5.69 Å². The average molecular weight is 384 g/mol. The molecule has 1 heterocycles. The van der Waals surface area contributed by atoms with Crippen LogP contribution in [0.2, 0.25) is 0 Å². The fourth-order valence-electron chi connectivity index (χ4n) is 2.07. The molecule has 0 saturated carbocycles. The Labute approximate surface area is 153 Å². The summed E-state index contributed by atoms with van der Waals surface area (Å²) >= 11 is 0. The van der Waals surface area contributed by atoms with Crippen LogP contribution in [0.3, 0.4) is 0 Å². The molecule has 0 spiro atoms. The number of aromatic nitrogens is 2. The first-order valence-electron chi connectivity index (χ1n) is 8.04. The lowest BCUT2D eigenvalue weighted by Crippen LogP contribution is -2.21. The molecule has 10 heteroatoms. The van der Waals surface area contributed by atoms with Crippen LogP contribution in [-0.2, 0) is 27.0 Å². The second-order valence-electron chi connectivity index (χ2n) is 5.96. The molecule has 146 valence electrons. The predicted molar refractivity (Wildman–Crippen MR) is 92.0 cm³/mol. The molecule has 2 aromatic rings. The van der Waals surface area contributed by atoms with Crippen LogP contribution in [0.5, 0.6) is 0 Å². The highest BCUT2D eigenvalue weighted by atomic mass is 19.4. The third kappa shape index (κ3) is 6.74. The van der Waals surface area contributed by atoms with Crippen molar-refractivity contribution >= 4 is 23.2 Å². The van der Waals surface area contributed by atoms with Crippen molar-refractivity contribution in [2.24, 2.45) is 0 Å². The van der Waals surface area contributed by atoms with E-state index in [0.717, 1.165) is 12.1 Å². The molecule has 2 N–H and O–H groups in total. The van der Waals surface area contributed by atoms with E-state index in [1.54, 1.807) is 13.8 Å². The van der Waals surface area contributed by atoms with Gasteiger partial charge in [-0.3, -0.25) is 14.3 Å². The van der Waals surface area contributed by atoms with Gasteiger partial charge in [0.1, 0.15) is 13.2 Å². The van der Waals surface area contributed by atoms with Gasteiger partial charge in [0.2, 0.25) is 11.8 Å². The minimum absolute atomic E-state index is 0.0290. The second kappa shape index (κ2) is 8.67. The number of amides is 2. The van der Waals surface area contributed by atoms with Crippen LogP contribution in [0, 0.1) is 0 Å². The van der Waals surface area contributed by atoms with Crippen molar-refractivity contribution in [1.82, 2.24) is 9.78 Å². The minimum atomic E-state index is -4.49. The number of rotatable bonds is 7. The average Bonchev–Trinajstić information content (AvgIpc) is 2.99. The molecule has 0 aliphatic carbocycles. The molecule has 0 aliphatic heterocycles. The first kappa shape index (κ1) is 20.4. The second-order valence-corrected chi connectivity index (χ2v) is 5.96. The highest BCUT2D eigenvalue weighted by molar-refractivity contribution is 5.92. The van der Waals surface area contributed by atoms with Gasteiger partial charge in [0, 0.05) is 11.9 Å². The van der Waals surface area contributed by atoms with E-state index in [9.17, 15) is 22.8 Å². The molecule has 0 fully saturated rings. The van der Waals surface area contributed by atoms with Gasteiger partial charge in [0.05, 0.1) is 23.6 Å². The number of nitrogens with one attached hydrogen (secondary N) is 2. The first-order chi connectivity index (χ1) is 12.6. The van der Waals surface area contributed by atoms with E-state index in [1.165, 1.54) is 29.2 Å². The standard InChI is InChI=1S/C17H19F3N4O3/c1-11(2)27-10-16(26)23-14-7-21-24(8-14)9-15(25)22-13-5-3-4-12(6-13)17(18,19)20/h3-8,11H,9-10H2,1-2H3,(H,22,25)(H,23,26). The Bertz CT molecular complexity index is 803. The fraction of sp³-hybridized carbons (Fsp3) is 0.353. The minimum Gasteiger partial charge on any atom is -0.369 e. The summed E-state index contributed by atoms with van der Waals surface area (Å²) in [6.45, 7) is 3.26. The van der Waals surface area contributed by atoms with E-state index < -0.39 is 17.6 Å². The van der Waals surface area contributed by atoms with Crippen LogP contribution in [0.25, 0.3) is 0 Å². The number of hydrogen-bond acceptors (Lipinski definition) is 4. The molecule has 0 saturated heterocycles. The zero-order valence-electron chi connectivity index (χ0n) is 14.7. The third-order valence-electron chi connectivity index (χ3n) is 3.24. The van der Waals surface area contributed by atoms with E-state index in [4.69, 9.17) is 4.74 Å². The Balaban J connectivity index is 1.90. The van der Waals surface area contributed by atoms with Crippen molar-refractivity contribution in [2.45, 2.75) is 32.7 Å². The molecule has 0 bridgehead atoms. The van der Waals surface area contributed by atoms with E-state index in [-0.39, 0.29) is 30.9 Å². The summed E-state index contributed by atoms with van der Waals surface area (Å²) in [5.41, 5.74) is -0.450. The molecule has 1 aromatic carbocycles. The number of anilines is 2. The number of alkyl halides is 3. The molecule has 0 aliphatic rings. The van der Waals surface area contributed by atoms with Crippen LogP contribution in [0.1, 0.15) is 19.4 Å². The van der Waals surface area contributed by atoms with Crippen LogP contribution < -0.4 is 10.6 Å². The molecule has 1 aromatic heterocycles. The van der Waals surface area contributed by atoms with Crippen LogP contribution in [0.4, 0.5) is 24.5 Å². The number of nitrogens with zero attached hydrogens (tertiary/aromatic N) is 2. The molecule has 0 radical (unpaired) electrons. The maximum Gasteiger partial charge on any atom is 0.416 e. The number of carbonyl (C=O) groups excluding carboxylic acids is 2. The van der Waals surface area contributed by atoms with Crippen molar-refractivity contribution in [3.05, 3.63) is 42.2 Å². The van der Waals surface area contributed by atoms with Gasteiger partial charge in [0.15, 0.2) is 0 Å². The highest BCUT2D eigenvalue weighted by Crippen LogP contribution is 2.30. The SMILES string of the molecule is CC(C)OCC(=O)Nc1cnn(CC(=O)Nc2cccc(C(F)(F)F)c2)c1. The van der Waals surface area contributed by atoms with Gasteiger partial charge in [-0.15, -0.1) is 0 Å². The van der Waals surface area contributed by atoms with Crippen molar-refractivity contribution in [3.8, 4) is 0 Å². The van der Waals surface area contributed by atoms with Crippen LogP contribution in [0.15, 0.2) is 36.7 Å². The molecule has 0 unspecified atom stereocenters. The van der Waals surface area contributed by atoms with Gasteiger partial charge in [-0.05, 0) is 32.0 Å². The summed E-state index contributed by atoms with van der Waals surface area (Å²) in [7, 11) is 0. The van der Waals surface area contributed by atoms with Crippen LogP contribution in [-0.4, -0.2) is 34.3 Å². The van der Waals surface area contributed by atoms with E-state index in [1.807, 2.05) is 0 Å². The number of halogens is 3. The first-order valence-corrected chi connectivity index (χ1v) is 8.04. The summed E-state index contributed by atoms with van der Waals surface area (Å²) in [6, 6.07) is 4.33. The predicted octanol–water partition coefficient (Wildman–Crippen LogP) is 2.90. The van der Waals surface area contributed by atoms with Gasteiger partial charge < -0.3 is 15.4 Å². The third-order valence-corrected chi connectivity index (χ3v) is 3.24. The van der Waals surface area contributed by atoms with Crippen molar-refractivity contribution < 1.29 is 27.5 Å². The molecule has 2 rings (SSSR count). The zero-order valence-corrected chi connectivity index (χ0v) is 14.7. The summed E-state index contributed by atoms with van der Waals surface area (Å²) in [6.07, 6.45) is -1.79. The lowest BCUT2D eigenvalue weighted by atomic mass is 10.2. The molecular weight excluding hydrogens is 365 g/mol. The van der Waals surface area contributed by atoms with Gasteiger partial charge in [-0.1, -0.05) is 6.07 Å². The Hall–Kier alpha value is -2.88. The quantitative estimate of drug-likeness (QED) is 0.769. The molecule has 27 heavy (non-hydrogen) atoms. The highest BCUT2D eigenvalue weighted by Gasteiger charge is 2.30. The Morgan fingerprint density at radius 3 is 2.56 bits per heavy atom. The topological polar surface area (TPSA) is 85.2 Å². The van der Waals surface area contributed by atoms with Crippen molar-refractivity contribution in [2.75, 3.05) is 17.2 Å². The van der Waals surface area contributed by atoms with Gasteiger partial charge in [-0.2, -0.15) is 18.3 Å². The molecular formula is C17H19F3N4O3.